The van der Waals surface area contributed by atoms with Crippen LogP contribution in [0.25, 0.3) is 10.8 Å². The number of methoxy groups -OCH3 is 2. The van der Waals surface area contributed by atoms with E-state index < -0.39 is 5.92 Å². The second-order valence-electron chi connectivity index (χ2n) is 7.70. The summed E-state index contributed by atoms with van der Waals surface area (Å²) in [5.41, 5.74) is 1.49. The molecule has 0 saturated carbocycles. The number of amides is 1. The molecule has 0 heterocycles. The highest BCUT2D eigenvalue weighted by atomic mass is 16.5. The van der Waals surface area contributed by atoms with Gasteiger partial charge >= 0.3 is 5.97 Å². The minimum atomic E-state index is -0.435. The second-order valence-corrected chi connectivity index (χ2v) is 7.70. The van der Waals surface area contributed by atoms with Crippen LogP contribution < -0.4 is 10.1 Å². The highest BCUT2D eigenvalue weighted by molar-refractivity contribution is 5.98. The molecule has 5 heteroatoms. The van der Waals surface area contributed by atoms with E-state index in [1.54, 1.807) is 7.11 Å². The van der Waals surface area contributed by atoms with Gasteiger partial charge in [0.1, 0.15) is 5.75 Å². The number of hydrogen-bond acceptors (Lipinski definition) is 4. The van der Waals surface area contributed by atoms with Crippen LogP contribution in [0, 0.1) is 5.92 Å². The van der Waals surface area contributed by atoms with Gasteiger partial charge < -0.3 is 14.8 Å². The number of esters is 1. The van der Waals surface area contributed by atoms with Gasteiger partial charge in [0.2, 0.25) is 0 Å². The van der Waals surface area contributed by atoms with Crippen molar-refractivity contribution in [2.45, 2.75) is 18.4 Å². The summed E-state index contributed by atoms with van der Waals surface area (Å²) in [7, 11) is 3.01. The fourth-order valence-corrected chi connectivity index (χ4v) is 4.16. The number of nitrogens with one attached hydrogen (secondary N) is 1. The van der Waals surface area contributed by atoms with Crippen molar-refractivity contribution in [3.8, 4) is 5.75 Å². The Balaban J connectivity index is 1.46. The highest BCUT2D eigenvalue weighted by Crippen LogP contribution is 2.35. The van der Waals surface area contributed by atoms with Crippen molar-refractivity contribution in [2.75, 3.05) is 14.2 Å². The molecule has 31 heavy (non-hydrogen) atoms. The molecule has 1 aliphatic rings. The van der Waals surface area contributed by atoms with E-state index in [0.717, 1.165) is 22.1 Å². The summed E-state index contributed by atoms with van der Waals surface area (Å²) in [6.07, 6.45) is 4.59. The molecule has 158 valence electrons. The summed E-state index contributed by atoms with van der Waals surface area (Å²) in [6.45, 7) is 0. The summed E-state index contributed by atoms with van der Waals surface area (Å²) < 4.78 is 10.3. The summed E-state index contributed by atoms with van der Waals surface area (Å²) in [5, 5.41) is 5.20. The summed E-state index contributed by atoms with van der Waals surface area (Å²) in [6, 6.07) is 20.9. The zero-order chi connectivity index (χ0) is 21.8. The van der Waals surface area contributed by atoms with Crippen molar-refractivity contribution in [1.29, 1.82) is 0 Å². The van der Waals surface area contributed by atoms with Gasteiger partial charge in [0, 0.05) is 11.6 Å². The lowest BCUT2D eigenvalue weighted by Crippen LogP contribution is -2.33. The number of benzene rings is 3. The largest absolute Gasteiger partial charge is 0.497 e. The van der Waals surface area contributed by atoms with Crippen molar-refractivity contribution >= 4 is 22.6 Å². The van der Waals surface area contributed by atoms with Crippen molar-refractivity contribution in [2.24, 2.45) is 5.92 Å². The molecule has 1 aliphatic carbocycles. The van der Waals surface area contributed by atoms with Crippen LogP contribution in [0.2, 0.25) is 0 Å². The van der Waals surface area contributed by atoms with Crippen molar-refractivity contribution < 1.29 is 19.1 Å². The lowest BCUT2D eigenvalue weighted by atomic mass is 9.85. The average molecular weight is 415 g/mol. The molecule has 0 spiro atoms. The molecule has 0 bridgehead atoms. The summed E-state index contributed by atoms with van der Waals surface area (Å²) in [5.74, 6) is -0.186. The van der Waals surface area contributed by atoms with Crippen LogP contribution in [0.15, 0.2) is 78.9 Å². The van der Waals surface area contributed by atoms with Gasteiger partial charge in [0.05, 0.1) is 20.1 Å². The van der Waals surface area contributed by atoms with Crippen LogP contribution in [0.5, 0.6) is 5.75 Å². The molecule has 3 aromatic rings. The number of carbonyl (C=O) groups excluding carboxylic acids is 2. The fourth-order valence-electron chi connectivity index (χ4n) is 4.16. The van der Waals surface area contributed by atoms with Crippen molar-refractivity contribution in [3.05, 3.63) is 90.0 Å². The number of carbonyl (C=O) groups is 2. The third-order valence-electron chi connectivity index (χ3n) is 5.80. The molecule has 4 rings (SSSR count). The third kappa shape index (κ3) is 4.45. The van der Waals surface area contributed by atoms with Crippen LogP contribution in [0.1, 0.15) is 28.3 Å². The first-order valence-electron chi connectivity index (χ1n) is 10.3. The number of fused-ring (bicyclic) bond motifs is 1. The smallest absolute Gasteiger partial charge is 0.313 e. The monoisotopic (exact) mass is 415 g/mol. The van der Waals surface area contributed by atoms with E-state index in [-0.39, 0.29) is 23.8 Å². The number of allylic oxidation sites excluding steroid dienone is 1. The van der Waals surface area contributed by atoms with Gasteiger partial charge in [-0.1, -0.05) is 54.6 Å². The molecular weight excluding hydrogens is 390 g/mol. The molecule has 3 atom stereocenters. The molecule has 0 unspecified atom stereocenters. The Labute approximate surface area is 181 Å². The van der Waals surface area contributed by atoms with Gasteiger partial charge in [0.25, 0.3) is 5.91 Å². The average Bonchev–Trinajstić information content (AvgIpc) is 3.26. The zero-order valence-corrected chi connectivity index (χ0v) is 17.6. The summed E-state index contributed by atoms with van der Waals surface area (Å²) in [4.78, 5) is 25.4. The molecule has 1 amide bonds. The van der Waals surface area contributed by atoms with Crippen molar-refractivity contribution in [1.82, 2.24) is 5.32 Å². The fraction of sp³-hybridized carbons (Fsp3) is 0.231. The number of ether oxygens (including phenoxy) is 2. The lowest BCUT2D eigenvalue weighted by Gasteiger charge is -2.22. The van der Waals surface area contributed by atoms with E-state index in [2.05, 4.69) is 5.32 Å². The topological polar surface area (TPSA) is 64.6 Å². The molecule has 5 nitrogen and oxygen atoms in total. The third-order valence-corrected chi connectivity index (χ3v) is 5.80. The predicted molar refractivity (Wildman–Crippen MR) is 120 cm³/mol. The Morgan fingerprint density at radius 1 is 0.935 bits per heavy atom. The molecule has 1 N–H and O–H groups in total. The zero-order valence-electron chi connectivity index (χ0n) is 17.6. The minimum Gasteiger partial charge on any atom is -0.497 e. The normalized spacial score (nSPS) is 18.5. The standard InChI is InChI=1S/C26H25NO4/c1-30-23-13-10-18(11-14-23)24(26(29)31-2)20-9-12-22(16-20)27-25(28)21-8-7-17-5-3-4-6-19(17)15-21/h3-15,20,22,24H,16H2,1-2H3,(H,27,28)/t20-,22+,24-/m1/s1. The van der Waals surface area contributed by atoms with Crippen molar-refractivity contribution in [3.63, 3.8) is 0 Å². The Morgan fingerprint density at radius 2 is 1.68 bits per heavy atom. The van der Waals surface area contributed by atoms with Crippen LogP contribution in [0.4, 0.5) is 0 Å². The number of rotatable bonds is 6. The van der Waals surface area contributed by atoms with Crippen LogP contribution in [0.3, 0.4) is 0 Å². The highest BCUT2D eigenvalue weighted by Gasteiger charge is 2.34. The minimum absolute atomic E-state index is 0.0669. The molecular formula is C26H25NO4. The van der Waals surface area contributed by atoms with E-state index in [1.807, 2.05) is 78.9 Å². The first-order chi connectivity index (χ1) is 15.1. The van der Waals surface area contributed by atoms with E-state index in [4.69, 9.17) is 9.47 Å². The molecule has 0 fully saturated rings. The van der Waals surface area contributed by atoms with E-state index >= 15 is 0 Å². The predicted octanol–water partition coefficient (Wildman–Crippen LogP) is 4.48. The Hall–Kier alpha value is -3.60. The van der Waals surface area contributed by atoms with Gasteiger partial charge in [-0.15, -0.1) is 0 Å². The first kappa shape index (κ1) is 20.7. The van der Waals surface area contributed by atoms with Gasteiger partial charge in [-0.2, -0.15) is 0 Å². The van der Waals surface area contributed by atoms with Gasteiger partial charge in [-0.05, 0) is 52.9 Å². The molecule has 0 saturated heterocycles. The molecule has 0 radical (unpaired) electrons. The van der Waals surface area contributed by atoms with Crippen LogP contribution >= 0.6 is 0 Å². The van der Waals surface area contributed by atoms with Gasteiger partial charge in [-0.25, -0.2) is 0 Å². The summed E-state index contributed by atoms with van der Waals surface area (Å²) >= 11 is 0. The van der Waals surface area contributed by atoms with Gasteiger partial charge in [0.15, 0.2) is 0 Å². The van der Waals surface area contributed by atoms with E-state index in [0.29, 0.717) is 12.0 Å². The Bertz CT molecular complexity index is 1120. The maximum atomic E-state index is 12.8. The molecule has 3 aromatic carbocycles. The first-order valence-corrected chi connectivity index (χ1v) is 10.3. The SMILES string of the molecule is COC(=O)[C@H](c1ccc(OC)cc1)[C@@H]1C=C[C@H](NC(=O)c2ccc3ccccc3c2)C1. The maximum absolute atomic E-state index is 12.8. The lowest BCUT2D eigenvalue weighted by molar-refractivity contribution is -0.143. The Morgan fingerprint density at radius 3 is 2.39 bits per heavy atom. The second kappa shape index (κ2) is 9.04. The Kier molecular flexibility index (Phi) is 6.03. The molecule has 0 aliphatic heterocycles. The van der Waals surface area contributed by atoms with E-state index in [1.165, 1.54) is 7.11 Å². The maximum Gasteiger partial charge on any atom is 0.313 e. The van der Waals surface area contributed by atoms with E-state index in [9.17, 15) is 9.59 Å². The quantitative estimate of drug-likeness (QED) is 0.476. The molecule has 0 aromatic heterocycles. The number of hydrogen-bond donors (Lipinski definition) is 1. The van der Waals surface area contributed by atoms with Crippen LogP contribution in [-0.4, -0.2) is 32.1 Å². The van der Waals surface area contributed by atoms with Crippen LogP contribution in [-0.2, 0) is 9.53 Å². The van der Waals surface area contributed by atoms with Gasteiger partial charge in [-0.3, -0.25) is 9.59 Å².